The van der Waals surface area contributed by atoms with Gasteiger partial charge in [0.1, 0.15) is 0 Å². The molecule has 0 N–H and O–H groups in total. The van der Waals surface area contributed by atoms with Crippen molar-refractivity contribution in [1.29, 1.82) is 0 Å². The van der Waals surface area contributed by atoms with Crippen LogP contribution in [0.4, 0.5) is 0 Å². The molecule has 4 heteroatoms. The summed E-state index contributed by atoms with van der Waals surface area (Å²) in [5, 5.41) is 0. The minimum Gasteiger partial charge on any atom is -0.451 e. The number of ketones is 2. The summed E-state index contributed by atoms with van der Waals surface area (Å²) in [6, 6.07) is 0. The number of carbonyl (C=O) groups excluding carboxylic acids is 3. The Balaban J connectivity index is 1.73. The molecule has 0 bridgehead atoms. The van der Waals surface area contributed by atoms with Crippen LogP contribution in [-0.2, 0) is 19.1 Å². The Morgan fingerprint density at radius 2 is 1.75 bits per heavy atom. The molecule has 0 aliphatic heterocycles. The van der Waals surface area contributed by atoms with Gasteiger partial charge in [0.15, 0.2) is 17.2 Å². The predicted octanol–water partition coefficient (Wildman–Crippen LogP) is 4.66. The Labute approximate surface area is 168 Å². The molecule has 4 aliphatic carbocycles. The number of esters is 1. The summed E-state index contributed by atoms with van der Waals surface area (Å²) in [6.45, 7) is 9.87. The third-order valence-electron chi connectivity index (χ3n) is 9.29. The third kappa shape index (κ3) is 2.45. The molecule has 0 amide bonds. The van der Waals surface area contributed by atoms with Crippen LogP contribution in [0.5, 0.6) is 0 Å². The molecule has 0 heterocycles. The number of carbonyl (C=O) groups is 3. The molecule has 28 heavy (non-hydrogen) atoms. The Hall–Kier alpha value is -1.45. The molecular weight excluding hydrogens is 352 g/mol. The number of fused-ring (bicyclic) bond motifs is 5. The van der Waals surface area contributed by atoms with Gasteiger partial charge in [-0.05, 0) is 80.6 Å². The molecule has 0 aromatic carbocycles. The first-order valence-electron chi connectivity index (χ1n) is 11.0. The van der Waals surface area contributed by atoms with Gasteiger partial charge in [0.25, 0.3) is 0 Å². The van der Waals surface area contributed by atoms with E-state index in [-0.39, 0.29) is 28.4 Å². The van der Waals surface area contributed by atoms with Crippen LogP contribution >= 0.6 is 0 Å². The maximum Gasteiger partial charge on any atom is 0.303 e. The van der Waals surface area contributed by atoms with E-state index in [9.17, 15) is 14.4 Å². The first-order valence-corrected chi connectivity index (χ1v) is 11.0. The smallest absolute Gasteiger partial charge is 0.303 e. The van der Waals surface area contributed by atoms with E-state index in [2.05, 4.69) is 20.8 Å². The predicted molar refractivity (Wildman–Crippen MR) is 106 cm³/mol. The molecule has 4 nitrogen and oxygen atoms in total. The minimum absolute atomic E-state index is 0.00469. The molecule has 0 radical (unpaired) electrons. The molecule has 0 spiro atoms. The molecule has 4 aliphatic rings. The second kappa shape index (κ2) is 6.27. The zero-order chi connectivity index (χ0) is 20.5. The van der Waals surface area contributed by atoms with Crippen LogP contribution in [0.15, 0.2) is 11.6 Å². The lowest BCUT2D eigenvalue weighted by Gasteiger charge is -2.60. The van der Waals surface area contributed by atoms with Crippen LogP contribution in [0.25, 0.3) is 0 Å². The van der Waals surface area contributed by atoms with E-state index < -0.39 is 5.60 Å². The SMILES string of the molecule is CC(=O)O[C@]1(C(C)=O)CCC2[C@@H]3C[C@H](C)C4=CC(=O)CC[C@]4(C)[C@H]3CC[C@@]21C. The van der Waals surface area contributed by atoms with E-state index in [1.54, 1.807) is 6.92 Å². The lowest BCUT2D eigenvalue weighted by Crippen LogP contribution is -2.59. The van der Waals surface area contributed by atoms with Gasteiger partial charge < -0.3 is 4.74 Å². The Morgan fingerprint density at radius 3 is 2.39 bits per heavy atom. The minimum atomic E-state index is -0.961. The average Bonchev–Trinajstić information content (AvgIpc) is 2.90. The Bertz CT molecular complexity index is 767. The van der Waals surface area contributed by atoms with Crippen molar-refractivity contribution in [3.05, 3.63) is 11.6 Å². The first-order chi connectivity index (χ1) is 13.0. The van der Waals surface area contributed by atoms with Gasteiger partial charge in [-0.25, -0.2) is 0 Å². The summed E-state index contributed by atoms with van der Waals surface area (Å²) in [5.41, 5.74) is 0.218. The fourth-order valence-electron chi connectivity index (χ4n) is 8.05. The molecule has 3 fully saturated rings. The number of Topliss-reactive ketones (excluding diaryl/α,β-unsaturated/α-hetero) is 1. The molecule has 0 aromatic rings. The van der Waals surface area contributed by atoms with Crippen LogP contribution in [0.1, 0.15) is 79.6 Å². The maximum absolute atomic E-state index is 12.8. The van der Waals surface area contributed by atoms with Crippen molar-refractivity contribution in [3.8, 4) is 0 Å². The van der Waals surface area contributed by atoms with E-state index in [4.69, 9.17) is 4.74 Å². The molecule has 4 rings (SSSR count). The summed E-state index contributed by atoms with van der Waals surface area (Å²) in [4.78, 5) is 36.8. The lowest BCUT2D eigenvalue weighted by molar-refractivity contribution is -0.187. The fraction of sp³-hybridized carbons (Fsp3) is 0.792. The van der Waals surface area contributed by atoms with Crippen LogP contribution in [-0.4, -0.2) is 23.1 Å². The van der Waals surface area contributed by atoms with Crippen LogP contribution in [0, 0.1) is 34.5 Å². The van der Waals surface area contributed by atoms with Crippen molar-refractivity contribution in [2.75, 3.05) is 0 Å². The van der Waals surface area contributed by atoms with Crippen molar-refractivity contribution in [2.24, 2.45) is 34.5 Å². The highest BCUT2D eigenvalue weighted by Crippen LogP contribution is 2.69. The highest BCUT2D eigenvalue weighted by molar-refractivity contribution is 5.92. The van der Waals surface area contributed by atoms with Crippen molar-refractivity contribution >= 4 is 17.5 Å². The monoisotopic (exact) mass is 386 g/mol. The summed E-state index contributed by atoms with van der Waals surface area (Å²) in [5.74, 6) is 1.82. The van der Waals surface area contributed by atoms with Crippen LogP contribution < -0.4 is 0 Å². The number of ether oxygens (including phenoxy) is 1. The quantitative estimate of drug-likeness (QED) is 0.648. The van der Waals surface area contributed by atoms with E-state index in [0.717, 1.165) is 32.1 Å². The molecule has 154 valence electrons. The van der Waals surface area contributed by atoms with Gasteiger partial charge in [-0.15, -0.1) is 0 Å². The van der Waals surface area contributed by atoms with E-state index in [1.165, 1.54) is 12.5 Å². The van der Waals surface area contributed by atoms with Gasteiger partial charge in [0.2, 0.25) is 0 Å². The summed E-state index contributed by atoms with van der Waals surface area (Å²) in [7, 11) is 0. The third-order valence-corrected chi connectivity index (χ3v) is 9.29. The molecule has 7 atom stereocenters. The van der Waals surface area contributed by atoms with Gasteiger partial charge in [-0.2, -0.15) is 0 Å². The van der Waals surface area contributed by atoms with Gasteiger partial charge in [-0.3, -0.25) is 14.4 Å². The molecule has 0 saturated heterocycles. The van der Waals surface area contributed by atoms with Gasteiger partial charge in [0, 0.05) is 18.8 Å². The van der Waals surface area contributed by atoms with Crippen molar-refractivity contribution in [1.82, 2.24) is 0 Å². The lowest BCUT2D eigenvalue weighted by atomic mass is 9.44. The largest absolute Gasteiger partial charge is 0.451 e. The number of allylic oxidation sites excluding steroid dienone is 1. The highest BCUT2D eigenvalue weighted by atomic mass is 16.6. The first kappa shape index (κ1) is 19.8. The molecular formula is C24H34O4. The van der Waals surface area contributed by atoms with Gasteiger partial charge in [-0.1, -0.05) is 26.3 Å². The fourth-order valence-corrected chi connectivity index (χ4v) is 8.05. The zero-order valence-electron chi connectivity index (χ0n) is 18.0. The van der Waals surface area contributed by atoms with Crippen molar-refractivity contribution in [2.45, 2.75) is 85.2 Å². The van der Waals surface area contributed by atoms with E-state index >= 15 is 0 Å². The topological polar surface area (TPSA) is 60.4 Å². The average molecular weight is 387 g/mol. The van der Waals surface area contributed by atoms with Gasteiger partial charge >= 0.3 is 5.97 Å². The number of hydrogen-bond acceptors (Lipinski definition) is 4. The second-order valence-corrected chi connectivity index (χ2v) is 10.5. The zero-order valence-corrected chi connectivity index (χ0v) is 18.0. The van der Waals surface area contributed by atoms with Crippen molar-refractivity contribution < 1.29 is 19.1 Å². The molecule has 1 unspecified atom stereocenters. The maximum atomic E-state index is 12.8. The van der Waals surface area contributed by atoms with Crippen LogP contribution in [0.3, 0.4) is 0 Å². The molecule has 0 aromatic heterocycles. The number of hydrogen-bond donors (Lipinski definition) is 0. The second-order valence-electron chi connectivity index (χ2n) is 10.5. The normalized spacial score (nSPS) is 47.5. The van der Waals surface area contributed by atoms with Crippen molar-refractivity contribution in [3.63, 3.8) is 0 Å². The van der Waals surface area contributed by atoms with E-state index in [0.29, 0.717) is 36.5 Å². The van der Waals surface area contributed by atoms with Crippen LogP contribution in [0.2, 0.25) is 0 Å². The Kier molecular flexibility index (Phi) is 4.45. The van der Waals surface area contributed by atoms with Gasteiger partial charge in [0.05, 0.1) is 0 Å². The highest BCUT2D eigenvalue weighted by Gasteiger charge is 2.68. The number of rotatable bonds is 2. The summed E-state index contributed by atoms with van der Waals surface area (Å²) < 4.78 is 5.84. The standard InChI is InChI=1S/C24H34O4/c1-14-12-18-19(22(4)9-6-17(27)13-21(14)22)7-10-23(5)20(18)8-11-24(23,15(2)25)28-16(3)26/h13-14,18-20H,6-12H2,1-5H3/t14-,18+,19-,20?,22+,23-,24-/m0/s1. The molecule has 3 saturated carbocycles. The van der Waals surface area contributed by atoms with E-state index in [1.807, 2.05) is 6.08 Å². The summed E-state index contributed by atoms with van der Waals surface area (Å²) >= 11 is 0. The summed E-state index contributed by atoms with van der Waals surface area (Å²) in [6.07, 6.45) is 8.19. The Morgan fingerprint density at radius 1 is 1.07 bits per heavy atom.